The highest BCUT2D eigenvalue weighted by molar-refractivity contribution is 5.81. The van der Waals surface area contributed by atoms with Gasteiger partial charge in [0.25, 0.3) is 5.56 Å². The Balaban J connectivity index is 1.16. The molecule has 9 nitrogen and oxygen atoms in total. The highest BCUT2D eigenvalue weighted by atomic mass is 16.5. The van der Waals surface area contributed by atoms with Crippen LogP contribution in [0.25, 0.3) is 10.9 Å². The Kier molecular flexibility index (Phi) is 8.91. The van der Waals surface area contributed by atoms with E-state index in [0.717, 1.165) is 39.3 Å². The van der Waals surface area contributed by atoms with Crippen LogP contribution in [0.15, 0.2) is 53.6 Å². The zero-order chi connectivity index (χ0) is 25.3. The molecule has 0 unspecified atom stereocenters. The Bertz CT molecular complexity index is 1210. The Hall–Kier alpha value is -3.43. The van der Waals surface area contributed by atoms with E-state index in [1.54, 1.807) is 19.2 Å². The van der Waals surface area contributed by atoms with Gasteiger partial charge in [-0.05, 0) is 18.1 Å². The van der Waals surface area contributed by atoms with E-state index >= 15 is 0 Å². The second kappa shape index (κ2) is 12.5. The molecular formula is C27H35N5O4. The zero-order valence-electron chi connectivity index (χ0n) is 21.1. The lowest BCUT2D eigenvalue weighted by atomic mass is 10.2. The molecule has 9 heteroatoms. The van der Waals surface area contributed by atoms with Gasteiger partial charge in [0.15, 0.2) is 11.5 Å². The predicted molar refractivity (Wildman–Crippen MR) is 140 cm³/mol. The topological polar surface area (TPSA) is 88.9 Å². The fraction of sp³-hybridized carbons (Fsp3) is 0.444. The Labute approximate surface area is 211 Å². The van der Waals surface area contributed by atoms with Crippen molar-refractivity contribution in [2.45, 2.75) is 25.9 Å². The van der Waals surface area contributed by atoms with Crippen molar-refractivity contribution in [3.8, 4) is 11.5 Å². The standard InChI is InChI=1S/C27H35N5O4/c1-35-24-17-22-23(18-25(24)36-2)29-20-32(27(22)34)11-6-9-26(33)28-10-12-30-13-15-31(16-14-30)19-21-7-4-3-5-8-21/h3-5,7-8,17-18,20H,6,9-16,19H2,1-2H3,(H,28,33). The first-order chi connectivity index (χ1) is 17.6. The van der Waals surface area contributed by atoms with Crippen LogP contribution in [0, 0.1) is 0 Å². The normalized spacial score (nSPS) is 14.6. The number of benzene rings is 2. The minimum Gasteiger partial charge on any atom is -0.493 e. The fourth-order valence-corrected chi connectivity index (χ4v) is 4.51. The molecule has 1 aromatic heterocycles. The summed E-state index contributed by atoms with van der Waals surface area (Å²) < 4.78 is 12.1. The van der Waals surface area contributed by atoms with Crippen molar-refractivity contribution < 1.29 is 14.3 Å². The molecule has 4 rings (SSSR count). The molecule has 1 N–H and O–H groups in total. The number of carbonyl (C=O) groups is 1. The summed E-state index contributed by atoms with van der Waals surface area (Å²) >= 11 is 0. The van der Waals surface area contributed by atoms with Crippen molar-refractivity contribution in [3.63, 3.8) is 0 Å². The minimum atomic E-state index is -0.159. The summed E-state index contributed by atoms with van der Waals surface area (Å²) in [7, 11) is 3.08. The summed E-state index contributed by atoms with van der Waals surface area (Å²) in [6, 6.07) is 13.9. The molecule has 2 aromatic carbocycles. The number of methoxy groups -OCH3 is 2. The molecule has 0 radical (unpaired) electrons. The molecule has 1 aliphatic rings. The van der Waals surface area contributed by atoms with Gasteiger partial charge in [0.1, 0.15) is 0 Å². The molecule has 192 valence electrons. The van der Waals surface area contributed by atoms with Crippen LogP contribution in [0.1, 0.15) is 18.4 Å². The largest absolute Gasteiger partial charge is 0.493 e. The van der Waals surface area contributed by atoms with Crippen LogP contribution < -0.4 is 20.3 Å². The number of fused-ring (bicyclic) bond motifs is 1. The molecule has 0 atom stereocenters. The second-order valence-electron chi connectivity index (χ2n) is 9.02. The third-order valence-corrected chi connectivity index (χ3v) is 6.60. The van der Waals surface area contributed by atoms with Crippen LogP contribution in [0.4, 0.5) is 0 Å². The van der Waals surface area contributed by atoms with E-state index in [0.29, 0.717) is 48.3 Å². The molecule has 1 fully saturated rings. The molecule has 1 saturated heterocycles. The van der Waals surface area contributed by atoms with Gasteiger partial charge in [-0.15, -0.1) is 0 Å². The number of ether oxygens (including phenoxy) is 2. The number of aryl methyl sites for hydroxylation is 1. The van der Waals surface area contributed by atoms with Gasteiger partial charge in [0.2, 0.25) is 5.91 Å². The van der Waals surface area contributed by atoms with Crippen molar-refractivity contribution in [3.05, 3.63) is 64.7 Å². The monoisotopic (exact) mass is 493 g/mol. The summed E-state index contributed by atoms with van der Waals surface area (Å²) in [4.78, 5) is 34.4. The second-order valence-corrected chi connectivity index (χ2v) is 9.02. The van der Waals surface area contributed by atoms with Gasteiger partial charge in [-0.2, -0.15) is 0 Å². The lowest BCUT2D eigenvalue weighted by Gasteiger charge is -2.34. The van der Waals surface area contributed by atoms with Crippen molar-refractivity contribution >= 4 is 16.8 Å². The minimum absolute atomic E-state index is 0.00548. The van der Waals surface area contributed by atoms with E-state index in [2.05, 4.69) is 44.4 Å². The smallest absolute Gasteiger partial charge is 0.261 e. The van der Waals surface area contributed by atoms with Gasteiger partial charge in [0.05, 0.1) is 31.4 Å². The van der Waals surface area contributed by atoms with Crippen molar-refractivity contribution in [2.75, 3.05) is 53.5 Å². The maximum atomic E-state index is 12.9. The fourth-order valence-electron chi connectivity index (χ4n) is 4.51. The predicted octanol–water partition coefficient (Wildman–Crippen LogP) is 2.13. The lowest BCUT2D eigenvalue weighted by molar-refractivity contribution is -0.121. The summed E-state index contributed by atoms with van der Waals surface area (Å²) in [6.07, 6.45) is 2.44. The highest BCUT2D eigenvalue weighted by Gasteiger charge is 2.17. The number of aromatic nitrogens is 2. The molecule has 2 heterocycles. The number of piperazine rings is 1. The summed E-state index contributed by atoms with van der Waals surface area (Å²) in [5.74, 6) is 1.02. The number of nitrogens with zero attached hydrogens (tertiary/aromatic N) is 4. The van der Waals surface area contributed by atoms with E-state index in [9.17, 15) is 9.59 Å². The molecule has 3 aromatic rings. The van der Waals surface area contributed by atoms with E-state index in [1.165, 1.54) is 23.6 Å². The van der Waals surface area contributed by atoms with E-state index < -0.39 is 0 Å². The molecule has 0 spiro atoms. The van der Waals surface area contributed by atoms with E-state index in [-0.39, 0.29) is 11.5 Å². The third-order valence-electron chi connectivity index (χ3n) is 6.60. The number of hydrogen-bond acceptors (Lipinski definition) is 7. The average molecular weight is 494 g/mol. The number of rotatable bonds is 11. The molecule has 1 aliphatic heterocycles. The number of hydrogen-bond donors (Lipinski definition) is 1. The molecular weight excluding hydrogens is 458 g/mol. The van der Waals surface area contributed by atoms with E-state index in [4.69, 9.17) is 9.47 Å². The van der Waals surface area contributed by atoms with Crippen LogP contribution in [0.3, 0.4) is 0 Å². The first-order valence-corrected chi connectivity index (χ1v) is 12.4. The number of amides is 1. The Morgan fingerprint density at radius 2 is 1.67 bits per heavy atom. The lowest BCUT2D eigenvalue weighted by Crippen LogP contribution is -2.48. The molecule has 0 saturated carbocycles. The van der Waals surface area contributed by atoms with Crippen LogP contribution in [0.2, 0.25) is 0 Å². The van der Waals surface area contributed by atoms with Crippen molar-refractivity contribution in [1.82, 2.24) is 24.7 Å². The quantitative estimate of drug-likeness (QED) is 0.438. The average Bonchev–Trinajstić information content (AvgIpc) is 2.91. The molecule has 0 bridgehead atoms. The number of carbonyl (C=O) groups excluding carboxylic acids is 1. The van der Waals surface area contributed by atoms with Gasteiger partial charge >= 0.3 is 0 Å². The van der Waals surface area contributed by atoms with Gasteiger partial charge in [-0.3, -0.25) is 24.0 Å². The SMILES string of the molecule is COc1cc2ncn(CCCC(=O)NCCN3CCN(Cc4ccccc4)CC3)c(=O)c2cc1OC. The van der Waals surface area contributed by atoms with Crippen LogP contribution in [-0.4, -0.2) is 78.7 Å². The maximum absolute atomic E-state index is 12.9. The third kappa shape index (κ3) is 6.61. The van der Waals surface area contributed by atoms with Crippen molar-refractivity contribution in [1.29, 1.82) is 0 Å². The van der Waals surface area contributed by atoms with Gasteiger partial charge in [0, 0.05) is 64.8 Å². The Morgan fingerprint density at radius 1 is 0.972 bits per heavy atom. The summed E-state index contributed by atoms with van der Waals surface area (Å²) in [5, 5.41) is 3.47. The first-order valence-electron chi connectivity index (χ1n) is 12.4. The summed E-state index contributed by atoms with van der Waals surface area (Å²) in [6.45, 7) is 7.00. The van der Waals surface area contributed by atoms with Gasteiger partial charge in [-0.25, -0.2) is 4.98 Å². The molecule has 36 heavy (non-hydrogen) atoms. The van der Waals surface area contributed by atoms with Crippen LogP contribution in [0.5, 0.6) is 11.5 Å². The number of nitrogens with one attached hydrogen (secondary N) is 1. The molecule has 0 aliphatic carbocycles. The van der Waals surface area contributed by atoms with Crippen molar-refractivity contribution in [2.24, 2.45) is 0 Å². The van der Waals surface area contributed by atoms with Crippen LogP contribution in [-0.2, 0) is 17.9 Å². The zero-order valence-corrected chi connectivity index (χ0v) is 21.1. The Morgan fingerprint density at radius 3 is 2.39 bits per heavy atom. The first kappa shape index (κ1) is 25.7. The maximum Gasteiger partial charge on any atom is 0.261 e. The van der Waals surface area contributed by atoms with Gasteiger partial charge < -0.3 is 14.8 Å². The van der Waals surface area contributed by atoms with Gasteiger partial charge in [-0.1, -0.05) is 30.3 Å². The molecule has 1 amide bonds. The van der Waals surface area contributed by atoms with E-state index in [1.807, 2.05) is 6.07 Å². The summed E-state index contributed by atoms with van der Waals surface area (Å²) in [5.41, 5.74) is 1.74. The van der Waals surface area contributed by atoms with Crippen LogP contribution >= 0.6 is 0 Å². The highest BCUT2D eigenvalue weighted by Crippen LogP contribution is 2.29.